The summed E-state index contributed by atoms with van der Waals surface area (Å²) in [6.45, 7) is 11.7. The number of fused-ring (bicyclic) bond motifs is 6. The number of hydrogen-bond donors (Lipinski definition) is 1. The van der Waals surface area contributed by atoms with Crippen LogP contribution < -0.4 is 13.8 Å². The molecule has 8 aromatic rings. The molecule has 1 N–H and O–H groups in total. The molecule has 278 valence electrons. The van der Waals surface area contributed by atoms with Crippen LogP contribution >= 0.6 is 16.5 Å². The summed E-state index contributed by atoms with van der Waals surface area (Å²) in [5, 5.41) is 14.0. The Bertz CT molecular complexity index is 2330. The van der Waals surface area contributed by atoms with Crippen LogP contribution in [0.15, 0.2) is 138 Å². The molecule has 0 aliphatic heterocycles. The number of ether oxygens (including phenoxy) is 1. The Kier molecular flexibility index (Phi) is 12.4. The summed E-state index contributed by atoms with van der Waals surface area (Å²) in [6.07, 6.45) is 0. The molecule has 0 amide bonds. The second-order valence-corrected chi connectivity index (χ2v) is 13.7. The van der Waals surface area contributed by atoms with Gasteiger partial charge in [0, 0.05) is 32.7 Å². The minimum Gasteiger partial charge on any atom is -0.497 e. The molecule has 0 fully saturated rings. The number of aryl methyl sites for hydroxylation is 2. The molecular weight excluding hydrogens is 718 g/mol. The summed E-state index contributed by atoms with van der Waals surface area (Å²) in [5.41, 5.74) is 6.18. The van der Waals surface area contributed by atoms with Gasteiger partial charge in [-0.25, -0.2) is 0 Å². The fourth-order valence-corrected chi connectivity index (χ4v) is 8.38. The van der Waals surface area contributed by atoms with Gasteiger partial charge < -0.3 is 35.7 Å². The van der Waals surface area contributed by atoms with Gasteiger partial charge in [-0.15, -0.1) is 0 Å². The molecule has 0 spiro atoms. The zero-order chi connectivity index (χ0) is 38.2. The van der Waals surface area contributed by atoms with Crippen molar-refractivity contribution in [3.8, 4) is 28.4 Å². The first-order chi connectivity index (χ1) is 26.5. The molecule has 8 nitrogen and oxygen atoms in total. The monoisotopic (exact) mass is 762 g/mol. The van der Waals surface area contributed by atoms with Crippen molar-refractivity contribution in [1.29, 1.82) is 0 Å². The molecule has 0 aliphatic rings. The topological polar surface area (TPSA) is 100 Å². The molecule has 54 heavy (non-hydrogen) atoms. The molecule has 0 saturated carbocycles. The smallest absolute Gasteiger partial charge is 0.453 e. The van der Waals surface area contributed by atoms with E-state index in [9.17, 15) is 5.11 Å². The number of benzene rings is 6. The highest BCUT2D eigenvalue weighted by molar-refractivity contribution is 7.32. The lowest BCUT2D eigenvalue weighted by Crippen LogP contribution is -1.97. The first-order valence-electron chi connectivity index (χ1n) is 18.0. The van der Waals surface area contributed by atoms with Crippen molar-refractivity contribution in [3.05, 3.63) is 138 Å². The molecule has 10 heteroatoms. The lowest BCUT2D eigenvalue weighted by molar-refractivity contribution is 0.281. The number of para-hydroxylation sites is 4. The lowest BCUT2D eigenvalue weighted by Gasteiger charge is -2.18. The molecule has 6 aromatic carbocycles. The van der Waals surface area contributed by atoms with Gasteiger partial charge in [-0.2, -0.15) is 0 Å². The molecule has 2 heterocycles. The normalized spacial score (nSPS) is 10.7. The van der Waals surface area contributed by atoms with Gasteiger partial charge >= 0.3 is 16.5 Å². The Hall–Kier alpha value is -5.52. The number of aliphatic hydroxyl groups excluding tert-OH is 1. The van der Waals surface area contributed by atoms with Gasteiger partial charge in [-0.3, -0.25) is 0 Å². The van der Waals surface area contributed by atoms with Crippen LogP contribution in [0.25, 0.3) is 55.0 Å². The van der Waals surface area contributed by atoms with Crippen molar-refractivity contribution in [3.63, 3.8) is 0 Å². The summed E-state index contributed by atoms with van der Waals surface area (Å²) in [7, 11) is -2.32. The van der Waals surface area contributed by atoms with Gasteiger partial charge in [0.1, 0.15) is 39.6 Å². The van der Waals surface area contributed by atoms with E-state index in [1.54, 1.807) is 7.11 Å². The minimum absolute atomic E-state index is 0.178. The Labute approximate surface area is 316 Å². The van der Waals surface area contributed by atoms with E-state index in [1.807, 2.05) is 163 Å². The standard InChI is InChI=1S/C40H32O8P2.2C2H6/c1-25-20-27(24-41)22-33(39(25)47-49-43-35-16-8-4-12-29(35)30-13-5-9-17-36(30)44-49)34-23-28(42-3)21-26(2)40(34)48-50-45-37-18-10-6-14-31(37)32-15-7-11-19-38(32)46-50;2*1-2/h4-23,41H,24H2,1-3H3;2*1-2H3. The zero-order valence-corrected chi connectivity index (χ0v) is 33.2. The second-order valence-electron chi connectivity index (χ2n) is 11.7. The van der Waals surface area contributed by atoms with Gasteiger partial charge in [0.25, 0.3) is 0 Å². The maximum atomic E-state index is 10.3. The minimum atomic E-state index is -1.97. The number of methoxy groups -OCH3 is 1. The van der Waals surface area contributed by atoms with Crippen LogP contribution in [0.5, 0.6) is 17.2 Å². The van der Waals surface area contributed by atoms with E-state index in [0.717, 1.165) is 32.7 Å². The van der Waals surface area contributed by atoms with Crippen molar-refractivity contribution in [1.82, 2.24) is 0 Å². The average molecular weight is 763 g/mol. The summed E-state index contributed by atoms with van der Waals surface area (Å²) in [5.74, 6) is 1.64. The van der Waals surface area contributed by atoms with E-state index in [0.29, 0.717) is 56.3 Å². The maximum absolute atomic E-state index is 10.3. The van der Waals surface area contributed by atoms with Crippen LogP contribution in [0, 0.1) is 13.8 Å². The van der Waals surface area contributed by atoms with E-state index in [1.165, 1.54) is 0 Å². The van der Waals surface area contributed by atoms with Crippen molar-refractivity contribution in [2.45, 2.75) is 48.1 Å². The highest BCUT2D eigenvalue weighted by atomic mass is 31.1. The largest absolute Gasteiger partial charge is 0.497 e. The maximum Gasteiger partial charge on any atom is 0.453 e. The SMILES string of the molecule is CC.CC.COc1cc(C)c(Op2oc3ccccc3c3ccccc3o2)c(-c2cc(CO)cc(C)c2Op2oc3ccccc3c3ccccc3o2)c1. The molecule has 0 radical (unpaired) electrons. The van der Waals surface area contributed by atoms with Crippen molar-refractivity contribution in [2.24, 2.45) is 0 Å². The first-order valence-corrected chi connectivity index (χ1v) is 20.2. The van der Waals surface area contributed by atoms with E-state index >= 15 is 0 Å². The van der Waals surface area contributed by atoms with Gasteiger partial charge in [-0.1, -0.05) is 107 Å². The third kappa shape index (κ3) is 7.88. The van der Waals surface area contributed by atoms with Gasteiger partial charge in [0.2, 0.25) is 0 Å². The molecule has 0 saturated heterocycles. The van der Waals surface area contributed by atoms with E-state index in [2.05, 4.69) is 0 Å². The fourth-order valence-electron chi connectivity index (χ4n) is 6.10. The Balaban J connectivity index is 0.00000120. The average Bonchev–Trinajstić information content (AvgIpc) is 3.48. The number of hydrogen-bond acceptors (Lipinski definition) is 8. The molecule has 0 atom stereocenters. The predicted molar refractivity (Wildman–Crippen MR) is 221 cm³/mol. The summed E-state index contributed by atoms with van der Waals surface area (Å²) >= 11 is 0. The summed E-state index contributed by atoms with van der Waals surface area (Å²) < 4.78 is 44.9. The second kappa shape index (κ2) is 17.5. The lowest BCUT2D eigenvalue weighted by atomic mass is 9.96. The summed E-state index contributed by atoms with van der Waals surface area (Å²) in [6, 6.07) is 38.8. The van der Waals surface area contributed by atoms with Crippen LogP contribution in [0.3, 0.4) is 0 Å². The number of rotatable bonds is 7. The first kappa shape index (κ1) is 38.2. The molecule has 2 aromatic heterocycles. The van der Waals surface area contributed by atoms with Crippen molar-refractivity contribution >= 4 is 60.4 Å². The van der Waals surface area contributed by atoms with Gasteiger partial charge in [0.05, 0.1) is 13.7 Å². The van der Waals surface area contributed by atoms with Crippen LogP contribution in [-0.4, -0.2) is 12.2 Å². The molecule has 0 bridgehead atoms. The van der Waals surface area contributed by atoms with E-state index in [-0.39, 0.29) is 6.61 Å². The molecule has 0 unspecified atom stereocenters. The predicted octanol–water partition coefficient (Wildman–Crippen LogP) is 14.4. The van der Waals surface area contributed by atoms with Gasteiger partial charge in [0.15, 0.2) is 0 Å². The molecular formula is C44H44O8P2. The molecule has 8 rings (SSSR count). The van der Waals surface area contributed by atoms with E-state index < -0.39 is 16.5 Å². The Morgan fingerprint density at radius 3 is 1.22 bits per heavy atom. The molecule has 0 aliphatic carbocycles. The Morgan fingerprint density at radius 1 is 0.500 bits per heavy atom. The Morgan fingerprint density at radius 2 is 0.852 bits per heavy atom. The van der Waals surface area contributed by atoms with Gasteiger partial charge in [-0.05, 0) is 73.0 Å². The number of aliphatic hydroxyl groups is 1. The third-order valence-electron chi connectivity index (χ3n) is 8.44. The quantitative estimate of drug-likeness (QED) is 0.171. The zero-order valence-electron chi connectivity index (χ0n) is 31.5. The fraction of sp³-hybridized carbons (Fsp3) is 0.182. The van der Waals surface area contributed by atoms with Crippen LogP contribution in [0.2, 0.25) is 0 Å². The van der Waals surface area contributed by atoms with Crippen molar-refractivity contribution in [2.75, 3.05) is 7.11 Å². The van der Waals surface area contributed by atoms with E-state index in [4.69, 9.17) is 30.6 Å². The van der Waals surface area contributed by atoms with Crippen LogP contribution in [0.4, 0.5) is 0 Å². The highest BCUT2D eigenvalue weighted by Crippen LogP contribution is 2.49. The van der Waals surface area contributed by atoms with Crippen molar-refractivity contribution < 1.29 is 35.7 Å². The van der Waals surface area contributed by atoms with Crippen LogP contribution in [0.1, 0.15) is 44.4 Å². The summed E-state index contributed by atoms with van der Waals surface area (Å²) in [4.78, 5) is 0. The third-order valence-corrected chi connectivity index (χ3v) is 10.5. The van der Waals surface area contributed by atoms with Crippen LogP contribution in [-0.2, 0) is 6.61 Å². The highest BCUT2D eigenvalue weighted by Gasteiger charge is 2.23.